The molecule has 0 aliphatic carbocycles. The van der Waals surface area contributed by atoms with Gasteiger partial charge in [-0.05, 0) is 70.0 Å². The second-order valence-corrected chi connectivity index (χ2v) is 11.3. The largest absolute Gasteiger partial charge is 0.352 e. The Labute approximate surface area is 220 Å². The Morgan fingerprint density at radius 2 is 1.43 bits per heavy atom. The number of amides is 2. The van der Waals surface area contributed by atoms with Crippen molar-refractivity contribution in [1.29, 1.82) is 0 Å². The van der Waals surface area contributed by atoms with Crippen LogP contribution in [0, 0.1) is 13.8 Å². The number of anilines is 1. The van der Waals surface area contributed by atoms with Crippen molar-refractivity contribution >= 4 is 27.5 Å². The van der Waals surface area contributed by atoms with Crippen LogP contribution in [0.1, 0.15) is 37.5 Å². The number of hydrogen-bond acceptors (Lipinski definition) is 4. The molecule has 8 heteroatoms. The number of carbonyl (C=O) groups excluding carboxylic acids is 2. The van der Waals surface area contributed by atoms with E-state index in [0.717, 1.165) is 21.0 Å². The van der Waals surface area contributed by atoms with Gasteiger partial charge in [-0.15, -0.1) is 0 Å². The Morgan fingerprint density at radius 3 is 2.03 bits per heavy atom. The highest BCUT2D eigenvalue weighted by Gasteiger charge is 2.32. The maximum Gasteiger partial charge on any atom is 0.264 e. The minimum atomic E-state index is -4.06. The number of hydrogen-bond donors (Lipinski definition) is 1. The van der Waals surface area contributed by atoms with Crippen molar-refractivity contribution < 1.29 is 18.0 Å². The predicted molar refractivity (Wildman–Crippen MR) is 147 cm³/mol. The van der Waals surface area contributed by atoms with E-state index in [4.69, 9.17) is 0 Å². The van der Waals surface area contributed by atoms with Crippen LogP contribution >= 0.6 is 0 Å². The van der Waals surface area contributed by atoms with Crippen LogP contribution in [-0.2, 0) is 26.2 Å². The van der Waals surface area contributed by atoms with Gasteiger partial charge in [0.1, 0.15) is 12.6 Å². The third-order valence-electron chi connectivity index (χ3n) is 6.13. The molecule has 1 atom stereocenters. The summed E-state index contributed by atoms with van der Waals surface area (Å²) in [6.45, 7) is 8.93. The monoisotopic (exact) mass is 521 g/mol. The summed E-state index contributed by atoms with van der Waals surface area (Å²) < 4.78 is 28.5. The molecule has 2 amide bonds. The third-order valence-corrected chi connectivity index (χ3v) is 7.92. The van der Waals surface area contributed by atoms with Gasteiger partial charge in [0, 0.05) is 12.6 Å². The molecule has 0 saturated heterocycles. The summed E-state index contributed by atoms with van der Waals surface area (Å²) >= 11 is 0. The zero-order valence-electron chi connectivity index (χ0n) is 22.0. The molecule has 37 heavy (non-hydrogen) atoms. The van der Waals surface area contributed by atoms with Crippen LogP contribution in [-0.4, -0.2) is 43.8 Å². The molecule has 0 aromatic heterocycles. The fourth-order valence-corrected chi connectivity index (χ4v) is 5.35. The molecule has 0 radical (unpaired) electrons. The van der Waals surface area contributed by atoms with E-state index in [2.05, 4.69) is 5.32 Å². The number of nitrogens with zero attached hydrogens (tertiary/aromatic N) is 2. The van der Waals surface area contributed by atoms with E-state index < -0.39 is 28.5 Å². The normalized spacial score (nSPS) is 12.2. The Kier molecular flexibility index (Phi) is 9.10. The maximum absolute atomic E-state index is 13.9. The van der Waals surface area contributed by atoms with E-state index in [1.54, 1.807) is 49.4 Å². The zero-order chi connectivity index (χ0) is 27.2. The molecule has 196 valence electrons. The predicted octanol–water partition coefficient (Wildman–Crippen LogP) is 4.44. The summed E-state index contributed by atoms with van der Waals surface area (Å²) in [5.41, 5.74) is 3.20. The van der Waals surface area contributed by atoms with Crippen molar-refractivity contribution in [2.75, 3.05) is 10.8 Å². The highest BCUT2D eigenvalue weighted by atomic mass is 32.2. The van der Waals surface area contributed by atoms with Crippen LogP contribution in [0.5, 0.6) is 0 Å². The van der Waals surface area contributed by atoms with Gasteiger partial charge < -0.3 is 10.2 Å². The molecule has 0 aliphatic rings. The summed E-state index contributed by atoms with van der Waals surface area (Å²) in [4.78, 5) is 28.3. The van der Waals surface area contributed by atoms with Gasteiger partial charge in [0.25, 0.3) is 10.0 Å². The SMILES string of the molecule is Cc1ccc(N(CC(=O)N(Cc2ccccc2C)[C@H](C)C(=O)NC(C)C)S(=O)(=O)c2ccccc2)cc1. The second-order valence-electron chi connectivity index (χ2n) is 9.45. The molecule has 0 unspecified atom stereocenters. The van der Waals surface area contributed by atoms with E-state index in [0.29, 0.717) is 5.69 Å². The molecule has 0 fully saturated rings. The lowest BCUT2D eigenvalue weighted by molar-refractivity contribution is -0.139. The smallest absolute Gasteiger partial charge is 0.264 e. The zero-order valence-corrected chi connectivity index (χ0v) is 22.8. The van der Waals surface area contributed by atoms with Crippen LogP contribution in [0.15, 0.2) is 83.8 Å². The van der Waals surface area contributed by atoms with Gasteiger partial charge in [-0.2, -0.15) is 0 Å². The molecule has 0 aliphatic heterocycles. The fraction of sp³-hybridized carbons (Fsp3) is 0.310. The van der Waals surface area contributed by atoms with E-state index in [-0.39, 0.29) is 23.4 Å². The summed E-state index contributed by atoms with van der Waals surface area (Å²) in [5.74, 6) is -0.778. The Balaban J connectivity index is 2.02. The van der Waals surface area contributed by atoms with Crippen LogP contribution in [0.3, 0.4) is 0 Å². The summed E-state index contributed by atoms with van der Waals surface area (Å²) in [7, 11) is -4.06. The first-order valence-electron chi connectivity index (χ1n) is 12.3. The molecule has 0 bridgehead atoms. The fourth-order valence-electron chi connectivity index (χ4n) is 3.92. The topological polar surface area (TPSA) is 86.8 Å². The lowest BCUT2D eigenvalue weighted by atomic mass is 10.1. The van der Waals surface area contributed by atoms with Gasteiger partial charge in [0.2, 0.25) is 11.8 Å². The first kappa shape index (κ1) is 27.9. The number of sulfonamides is 1. The molecular formula is C29H35N3O4S. The number of nitrogens with one attached hydrogen (secondary N) is 1. The molecule has 0 saturated carbocycles. The van der Waals surface area contributed by atoms with Crippen LogP contribution in [0.4, 0.5) is 5.69 Å². The van der Waals surface area contributed by atoms with Gasteiger partial charge >= 0.3 is 0 Å². The van der Waals surface area contributed by atoms with E-state index in [1.807, 2.05) is 52.0 Å². The number of carbonyl (C=O) groups is 2. The Bertz CT molecular complexity index is 1320. The number of benzene rings is 3. The lowest BCUT2D eigenvalue weighted by Gasteiger charge is -2.32. The average molecular weight is 522 g/mol. The second kappa shape index (κ2) is 12.1. The molecule has 7 nitrogen and oxygen atoms in total. The van der Waals surface area contributed by atoms with Crippen LogP contribution < -0.4 is 9.62 Å². The standard InChI is InChI=1S/C29H35N3O4S/c1-21(2)30-29(34)24(5)31(19-25-12-10-9-11-23(25)4)28(33)20-32(26-17-15-22(3)16-18-26)37(35,36)27-13-7-6-8-14-27/h6-18,21,24H,19-20H2,1-5H3,(H,30,34)/t24-/m1/s1. The Morgan fingerprint density at radius 1 is 0.838 bits per heavy atom. The third kappa shape index (κ3) is 6.98. The first-order chi connectivity index (χ1) is 17.5. The molecule has 0 spiro atoms. The maximum atomic E-state index is 13.9. The minimum absolute atomic E-state index is 0.0828. The van der Waals surface area contributed by atoms with Gasteiger partial charge in [-0.3, -0.25) is 13.9 Å². The molecule has 0 heterocycles. The quantitative estimate of drug-likeness (QED) is 0.427. The number of aryl methyl sites for hydroxylation is 2. The molecule has 3 aromatic carbocycles. The highest BCUT2D eigenvalue weighted by Crippen LogP contribution is 2.25. The molecule has 3 aromatic rings. The van der Waals surface area contributed by atoms with E-state index >= 15 is 0 Å². The van der Waals surface area contributed by atoms with Crippen LogP contribution in [0.25, 0.3) is 0 Å². The van der Waals surface area contributed by atoms with E-state index in [1.165, 1.54) is 17.0 Å². The minimum Gasteiger partial charge on any atom is -0.352 e. The first-order valence-corrected chi connectivity index (χ1v) is 13.7. The summed E-state index contributed by atoms with van der Waals surface area (Å²) in [6.07, 6.45) is 0. The van der Waals surface area contributed by atoms with Crippen molar-refractivity contribution in [2.24, 2.45) is 0 Å². The highest BCUT2D eigenvalue weighted by molar-refractivity contribution is 7.92. The summed E-state index contributed by atoms with van der Waals surface area (Å²) in [5, 5.41) is 2.86. The van der Waals surface area contributed by atoms with Gasteiger partial charge in [-0.25, -0.2) is 8.42 Å². The molecule has 3 rings (SSSR count). The number of rotatable bonds is 10. The van der Waals surface area contributed by atoms with Crippen molar-refractivity contribution in [2.45, 2.75) is 58.1 Å². The van der Waals surface area contributed by atoms with Gasteiger partial charge in [0.15, 0.2) is 0 Å². The van der Waals surface area contributed by atoms with Crippen molar-refractivity contribution in [3.05, 3.63) is 95.6 Å². The Hall–Kier alpha value is -3.65. The lowest BCUT2D eigenvalue weighted by Crippen LogP contribution is -2.52. The molecule has 1 N–H and O–H groups in total. The molecular weight excluding hydrogens is 486 g/mol. The van der Waals surface area contributed by atoms with Gasteiger partial charge in [-0.1, -0.05) is 60.2 Å². The van der Waals surface area contributed by atoms with Crippen LogP contribution in [0.2, 0.25) is 0 Å². The van der Waals surface area contributed by atoms with Crippen molar-refractivity contribution in [3.8, 4) is 0 Å². The van der Waals surface area contributed by atoms with Crippen molar-refractivity contribution in [1.82, 2.24) is 10.2 Å². The van der Waals surface area contributed by atoms with Crippen molar-refractivity contribution in [3.63, 3.8) is 0 Å². The summed E-state index contributed by atoms with van der Waals surface area (Å²) in [6, 6.07) is 21.7. The van der Waals surface area contributed by atoms with Gasteiger partial charge in [0.05, 0.1) is 10.6 Å². The average Bonchev–Trinajstić information content (AvgIpc) is 2.87. The van der Waals surface area contributed by atoms with E-state index in [9.17, 15) is 18.0 Å².